The van der Waals surface area contributed by atoms with Crippen molar-refractivity contribution in [2.75, 3.05) is 6.54 Å². The third-order valence-electron chi connectivity index (χ3n) is 3.45. The Kier molecular flexibility index (Phi) is 5.38. The van der Waals surface area contributed by atoms with Gasteiger partial charge in [-0.1, -0.05) is 12.1 Å². The van der Waals surface area contributed by atoms with E-state index in [1.165, 1.54) is 18.2 Å². The molecule has 0 aliphatic heterocycles. The van der Waals surface area contributed by atoms with Crippen molar-refractivity contribution in [1.29, 1.82) is 0 Å². The predicted octanol–water partition coefficient (Wildman–Crippen LogP) is 2.60. The first-order chi connectivity index (χ1) is 11.3. The number of nitrogens with zero attached hydrogens (tertiary/aromatic N) is 3. The predicted molar refractivity (Wildman–Crippen MR) is 82.8 cm³/mol. The summed E-state index contributed by atoms with van der Waals surface area (Å²) in [5.74, 6) is 0.362. The van der Waals surface area contributed by atoms with Crippen LogP contribution in [-0.2, 0) is 24.4 Å². The molecule has 1 aromatic carbocycles. The van der Waals surface area contributed by atoms with Gasteiger partial charge in [0.2, 0.25) is 5.91 Å². The van der Waals surface area contributed by atoms with E-state index in [1.807, 2.05) is 0 Å². The smallest absolute Gasteiger partial charge is 0.352 e. The molecule has 0 bridgehead atoms. The van der Waals surface area contributed by atoms with Gasteiger partial charge in [-0.2, -0.15) is 13.2 Å². The van der Waals surface area contributed by atoms with E-state index in [4.69, 9.17) is 0 Å². The molecule has 2 aromatic rings. The summed E-state index contributed by atoms with van der Waals surface area (Å²) in [4.78, 5) is 11.9. The van der Waals surface area contributed by atoms with Crippen molar-refractivity contribution in [1.82, 2.24) is 20.1 Å². The SMILES string of the molecule is C/C(=C\C(=O)NCCc1nncn1C)c1cccc(C(F)(F)F)c1. The van der Waals surface area contributed by atoms with Crippen molar-refractivity contribution < 1.29 is 18.0 Å². The highest BCUT2D eigenvalue weighted by Gasteiger charge is 2.30. The van der Waals surface area contributed by atoms with Crippen molar-refractivity contribution in [2.24, 2.45) is 7.05 Å². The summed E-state index contributed by atoms with van der Waals surface area (Å²) in [6.45, 7) is 1.95. The first-order valence-electron chi connectivity index (χ1n) is 7.24. The molecule has 24 heavy (non-hydrogen) atoms. The van der Waals surface area contributed by atoms with E-state index in [0.29, 0.717) is 24.1 Å². The summed E-state index contributed by atoms with van der Waals surface area (Å²) in [7, 11) is 1.80. The first kappa shape index (κ1) is 17.7. The van der Waals surface area contributed by atoms with Gasteiger partial charge in [0, 0.05) is 26.1 Å². The van der Waals surface area contributed by atoms with Crippen LogP contribution >= 0.6 is 0 Å². The van der Waals surface area contributed by atoms with Crippen LogP contribution in [0.2, 0.25) is 0 Å². The third-order valence-corrected chi connectivity index (χ3v) is 3.45. The van der Waals surface area contributed by atoms with Crippen LogP contribution in [0, 0.1) is 0 Å². The summed E-state index contributed by atoms with van der Waals surface area (Å²) >= 11 is 0. The lowest BCUT2D eigenvalue weighted by molar-refractivity contribution is -0.137. The van der Waals surface area contributed by atoms with Crippen LogP contribution in [0.15, 0.2) is 36.7 Å². The van der Waals surface area contributed by atoms with Crippen molar-refractivity contribution in [3.05, 3.63) is 53.6 Å². The van der Waals surface area contributed by atoms with Gasteiger partial charge in [0.05, 0.1) is 5.56 Å². The maximum Gasteiger partial charge on any atom is 0.416 e. The third kappa shape index (κ3) is 4.68. The molecule has 128 valence electrons. The molecule has 0 atom stereocenters. The number of halogens is 3. The lowest BCUT2D eigenvalue weighted by atomic mass is 10.0. The number of allylic oxidation sites excluding steroid dienone is 1. The van der Waals surface area contributed by atoms with Gasteiger partial charge < -0.3 is 9.88 Å². The lowest BCUT2D eigenvalue weighted by Gasteiger charge is -2.09. The van der Waals surface area contributed by atoms with E-state index >= 15 is 0 Å². The van der Waals surface area contributed by atoms with Gasteiger partial charge in [0.15, 0.2) is 0 Å². The van der Waals surface area contributed by atoms with Crippen LogP contribution in [0.4, 0.5) is 13.2 Å². The first-order valence-corrected chi connectivity index (χ1v) is 7.24. The minimum atomic E-state index is -4.41. The molecule has 2 rings (SSSR count). The van der Waals surface area contributed by atoms with Crippen LogP contribution in [-0.4, -0.2) is 27.2 Å². The number of nitrogens with one attached hydrogen (secondary N) is 1. The Bertz CT molecular complexity index is 750. The number of alkyl halides is 3. The molecule has 1 heterocycles. The summed E-state index contributed by atoms with van der Waals surface area (Å²) in [6.07, 6.45) is -1.05. The van der Waals surface area contributed by atoms with E-state index in [-0.39, 0.29) is 5.91 Å². The zero-order valence-corrected chi connectivity index (χ0v) is 13.3. The average molecular weight is 338 g/mol. The minimum Gasteiger partial charge on any atom is -0.352 e. The summed E-state index contributed by atoms with van der Waals surface area (Å²) < 4.78 is 39.9. The Labute approximate surface area is 137 Å². The number of aryl methyl sites for hydroxylation is 1. The molecule has 5 nitrogen and oxygen atoms in total. The number of amides is 1. The van der Waals surface area contributed by atoms with E-state index in [0.717, 1.165) is 18.0 Å². The minimum absolute atomic E-state index is 0.355. The largest absolute Gasteiger partial charge is 0.416 e. The highest BCUT2D eigenvalue weighted by molar-refractivity contribution is 5.94. The molecule has 0 aliphatic carbocycles. The van der Waals surface area contributed by atoms with E-state index in [1.54, 1.807) is 24.9 Å². The van der Waals surface area contributed by atoms with Crippen molar-refractivity contribution in [3.63, 3.8) is 0 Å². The van der Waals surface area contributed by atoms with Crippen molar-refractivity contribution >= 4 is 11.5 Å². The van der Waals surface area contributed by atoms with Crippen molar-refractivity contribution in [3.8, 4) is 0 Å². The number of carbonyl (C=O) groups excluding carboxylic acids is 1. The fraction of sp³-hybridized carbons (Fsp3) is 0.312. The number of benzene rings is 1. The maximum atomic E-state index is 12.7. The summed E-state index contributed by atoms with van der Waals surface area (Å²) in [5, 5.41) is 10.3. The fourth-order valence-corrected chi connectivity index (χ4v) is 2.10. The number of rotatable bonds is 5. The topological polar surface area (TPSA) is 59.8 Å². The Morgan fingerprint density at radius 1 is 1.38 bits per heavy atom. The fourth-order valence-electron chi connectivity index (χ4n) is 2.10. The highest BCUT2D eigenvalue weighted by atomic mass is 19.4. The van der Waals surface area contributed by atoms with Gasteiger partial charge in [-0.3, -0.25) is 4.79 Å². The highest BCUT2D eigenvalue weighted by Crippen LogP contribution is 2.30. The molecule has 0 spiro atoms. The molecule has 1 N–H and O–H groups in total. The van der Waals surface area contributed by atoms with Crippen LogP contribution < -0.4 is 5.32 Å². The number of hydrogen-bond acceptors (Lipinski definition) is 3. The molecular formula is C16H17F3N4O. The molecular weight excluding hydrogens is 321 g/mol. The Morgan fingerprint density at radius 3 is 2.75 bits per heavy atom. The van der Waals surface area contributed by atoms with Gasteiger partial charge in [-0.05, 0) is 30.2 Å². The number of aromatic nitrogens is 3. The average Bonchev–Trinajstić information content (AvgIpc) is 2.92. The molecule has 1 aromatic heterocycles. The van der Waals surface area contributed by atoms with Gasteiger partial charge in [-0.15, -0.1) is 10.2 Å². The molecule has 1 amide bonds. The second-order valence-electron chi connectivity index (χ2n) is 5.31. The lowest BCUT2D eigenvalue weighted by Crippen LogP contribution is -2.24. The maximum absolute atomic E-state index is 12.7. The molecule has 8 heteroatoms. The van der Waals surface area contributed by atoms with Crippen LogP contribution in [0.1, 0.15) is 23.9 Å². The van der Waals surface area contributed by atoms with E-state index in [2.05, 4.69) is 15.5 Å². The Hall–Kier alpha value is -2.64. The van der Waals surface area contributed by atoms with Crippen LogP contribution in [0.5, 0.6) is 0 Å². The van der Waals surface area contributed by atoms with Crippen molar-refractivity contribution in [2.45, 2.75) is 19.5 Å². The second-order valence-corrected chi connectivity index (χ2v) is 5.31. The quantitative estimate of drug-likeness (QED) is 0.853. The molecule has 0 saturated carbocycles. The van der Waals surface area contributed by atoms with Gasteiger partial charge in [0.1, 0.15) is 12.2 Å². The zero-order chi connectivity index (χ0) is 17.7. The molecule has 0 radical (unpaired) electrons. The normalized spacial score (nSPS) is 12.3. The molecule has 0 unspecified atom stereocenters. The Balaban J connectivity index is 1.97. The Morgan fingerprint density at radius 2 is 2.12 bits per heavy atom. The summed E-state index contributed by atoms with van der Waals surface area (Å²) in [5.41, 5.74) is 0.0703. The van der Waals surface area contributed by atoms with Gasteiger partial charge in [0.25, 0.3) is 0 Å². The standard InChI is InChI=1S/C16H17F3N4O/c1-11(12-4-3-5-13(9-12)16(17,18)19)8-15(24)20-7-6-14-22-21-10-23(14)2/h3-5,8-10H,6-7H2,1-2H3,(H,20,24)/b11-8+. The van der Waals surface area contributed by atoms with Gasteiger partial charge >= 0.3 is 6.18 Å². The monoisotopic (exact) mass is 338 g/mol. The zero-order valence-electron chi connectivity index (χ0n) is 13.3. The molecule has 0 aliphatic rings. The molecule has 0 fully saturated rings. The number of hydrogen-bond donors (Lipinski definition) is 1. The van der Waals surface area contributed by atoms with Crippen LogP contribution in [0.3, 0.4) is 0 Å². The second kappa shape index (κ2) is 7.29. The summed E-state index contributed by atoms with van der Waals surface area (Å²) in [6, 6.07) is 4.88. The van der Waals surface area contributed by atoms with E-state index in [9.17, 15) is 18.0 Å². The number of carbonyl (C=O) groups is 1. The van der Waals surface area contributed by atoms with Gasteiger partial charge in [-0.25, -0.2) is 0 Å². The molecule has 0 saturated heterocycles. The van der Waals surface area contributed by atoms with Crippen LogP contribution in [0.25, 0.3) is 5.57 Å². The van der Waals surface area contributed by atoms with E-state index < -0.39 is 11.7 Å².